The number of fused-ring (bicyclic) bond motifs is 2. The number of amides is 1. The monoisotopic (exact) mass is 444 g/mol. The zero-order valence-corrected chi connectivity index (χ0v) is 17.6. The van der Waals surface area contributed by atoms with Gasteiger partial charge in [-0.25, -0.2) is 4.98 Å². The standard InChI is InChI=1S/C25H17ClN2O4/c1-2-13-31-17-10-7-15(8-11-17)22-21-23(29)18-5-3-4-6-19(18)32-24(21)25(30)28(22)20-12-9-16(26)14-27-20/h2-12,14,22H,1,13H2/t22-/m0/s1. The molecule has 3 heterocycles. The molecular formula is C25H17ClN2O4. The molecule has 32 heavy (non-hydrogen) atoms. The minimum atomic E-state index is -0.708. The molecule has 1 aliphatic heterocycles. The van der Waals surface area contributed by atoms with E-state index < -0.39 is 11.9 Å². The molecule has 0 radical (unpaired) electrons. The number of hydrogen-bond donors (Lipinski definition) is 0. The minimum absolute atomic E-state index is 0.0161. The average molecular weight is 445 g/mol. The van der Waals surface area contributed by atoms with Crippen LogP contribution in [0.3, 0.4) is 0 Å². The van der Waals surface area contributed by atoms with Crippen LogP contribution in [0.4, 0.5) is 5.82 Å². The maximum atomic E-state index is 13.5. The molecule has 0 aliphatic carbocycles. The molecule has 0 spiro atoms. The van der Waals surface area contributed by atoms with Crippen LogP contribution in [0.15, 0.2) is 88.7 Å². The van der Waals surface area contributed by atoms with Crippen LogP contribution in [0, 0.1) is 0 Å². The molecule has 0 saturated carbocycles. The first-order valence-electron chi connectivity index (χ1n) is 9.93. The number of benzene rings is 2. The number of halogens is 1. The molecule has 2 aromatic heterocycles. The summed E-state index contributed by atoms with van der Waals surface area (Å²) < 4.78 is 11.5. The number of anilines is 1. The molecule has 5 rings (SSSR count). The van der Waals surface area contributed by atoms with Gasteiger partial charge in [0.1, 0.15) is 23.8 Å². The first kappa shape index (κ1) is 20.0. The lowest BCUT2D eigenvalue weighted by atomic mass is 9.98. The summed E-state index contributed by atoms with van der Waals surface area (Å²) in [7, 11) is 0. The van der Waals surface area contributed by atoms with E-state index in [2.05, 4.69) is 11.6 Å². The summed E-state index contributed by atoms with van der Waals surface area (Å²) in [6.07, 6.45) is 3.12. The van der Waals surface area contributed by atoms with Crippen LogP contribution in [-0.4, -0.2) is 17.5 Å². The summed E-state index contributed by atoms with van der Waals surface area (Å²) in [6, 6.07) is 16.7. The third kappa shape index (κ3) is 3.25. The average Bonchev–Trinajstić information content (AvgIpc) is 3.11. The number of rotatable bonds is 5. The van der Waals surface area contributed by atoms with Gasteiger partial charge in [-0.2, -0.15) is 0 Å². The number of hydrogen-bond acceptors (Lipinski definition) is 5. The minimum Gasteiger partial charge on any atom is -0.490 e. The van der Waals surface area contributed by atoms with Gasteiger partial charge in [-0.05, 0) is 42.0 Å². The van der Waals surface area contributed by atoms with E-state index in [0.717, 1.165) is 5.56 Å². The van der Waals surface area contributed by atoms with Crippen molar-refractivity contribution in [2.45, 2.75) is 6.04 Å². The SMILES string of the molecule is C=CCOc1ccc([C@H]2c3c(oc4ccccc4c3=O)C(=O)N2c2ccc(Cl)cn2)cc1. The van der Waals surface area contributed by atoms with Crippen molar-refractivity contribution in [3.05, 3.63) is 112 Å². The number of pyridine rings is 1. The maximum Gasteiger partial charge on any atom is 0.296 e. The van der Waals surface area contributed by atoms with E-state index in [4.69, 9.17) is 20.8 Å². The van der Waals surface area contributed by atoms with Crippen LogP contribution in [0.2, 0.25) is 5.02 Å². The number of carbonyl (C=O) groups excluding carboxylic acids is 1. The van der Waals surface area contributed by atoms with Crippen LogP contribution in [0.25, 0.3) is 11.0 Å². The van der Waals surface area contributed by atoms with Gasteiger partial charge in [0.2, 0.25) is 5.76 Å². The topological polar surface area (TPSA) is 72.6 Å². The highest BCUT2D eigenvalue weighted by Gasteiger charge is 2.44. The molecule has 158 valence electrons. The lowest BCUT2D eigenvalue weighted by Gasteiger charge is -2.24. The third-order valence-corrected chi connectivity index (χ3v) is 5.52. The van der Waals surface area contributed by atoms with Gasteiger partial charge in [-0.1, -0.05) is 48.5 Å². The van der Waals surface area contributed by atoms with E-state index in [0.29, 0.717) is 34.2 Å². The quantitative estimate of drug-likeness (QED) is 0.398. The predicted molar refractivity (Wildman–Crippen MR) is 123 cm³/mol. The molecule has 4 aromatic rings. The van der Waals surface area contributed by atoms with Crippen LogP contribution in [0.1, 0.15) is 27.7 Å². The molecule has 7 heteroatoms. The van der Waals surface area contributed by atoms with Crippen LogP contribution < -0.4 is 15.1 Å². The van der Waals surface area contributed by atoms with Crippen molar-refractivity contribution in [3.63, 3.8) is 0 Å². The highest BCUT2D eigenvalue weighted by molar-refractivity contribution is 6.30. The number of ether oxygens (including phenoxy) is 1. The van der Waals surface area contributed by atoms with Gasteiger partial charge in [0, 0.05) is 6.20 Å². The first-order chi connectivity index (χ1) is 15.6. The van der Waals surface area contributed by atoms with Gasteiger partial charge in [-0.15, -0.1) is 0 Å². The highest BCUT2D eigenvalue weighted by atomic mass is 35.5. The Bertz CT molecular complexity index is 1390. The fourth-order valence-electron chi connectivity index (χ4n) is 3.88. The summed E-state index contributed by atoms with van der Waals surface area (Å²) in [5.74, 6) is 0.600. The van der Waals surface area contributed by atoms with E-state index in [1.54, 1.807) is 54.6 Å². The number of para-hydroxylation sites is 1. The Balaban J connectivity index is 1.71. The summed E-state index contributed by atoms with van der Waals surface area (Å²) in [5, 5.41) is 0.860. The van der Waals surface area contributed by atoms with E-state index in [1.165, 1.54) is 11.1 Å². The molecular weight excluding hydrogens is 428 g/mol. The van der Waals surface area contributed by atoms with Gasteiger partial charge in [0.05, 0.1) is 22.0 Å². The second kappa shape index (κ2) is 7.98. The Labute approximate surface area is 188 Å². The van der Waals surface area contributed by atoms with E-state index >= 15 is 0 Å². The Morgan fingerprint density at radius 1 is 1.09 bits per heavy atom. The molecule has 0 unspecified atom stereocenters. The van der Waals surface area contributed by atoms with E-state index in [1.807, 2.05) is 12.1 Å². The van der Waals surface area contributed by atoms with Gasteiger partial charge < -0.3 is 9.15 Å². The number of nitrogens with zero attached hydrogens (tertiary/aromatic N) is 2. The number of carbonyl (C=O) groups is 1. The van der Waals surface area contributed by atoms with Gasteiger partial charge in [-0.3, -0.25) is 14.5 Å². The summed E-state index contributed by atoms with van der Waals surface area (Å²) in [6.45, 7) is 4.02. The molecule has 0 saturated heterocycles. The van der Waals surface area contributed by atoms with Crippen molar-refractivity contribution >= 4 is 34.3 Å². The Hall–Kier alpha value is -3.90. The van der Waals surface area contributed by atoms with Crippen molar-refractivity contribution in [1.82, 2.24) is 4.98 Å². The second-order valence-electron chi connectivity index (χ2n) is 7.25. The molecule has 0 bridgehead atoms. The zero-order chi connectivity index (χ0) is 22.2. The smallest absolute Gasteiger partial charge is 0.296 e. The fraction of sp³-hybridized carbons (Fsp3) is 0.0800. The van der Waals surface area contributed by atoms with Crippen LogP contribution in [-0.2, 0) is 0 Å². The fourth-order valence-corrected chi connectivity index (χ4v) is 4.00. The van der Waals surface area contributed by atoms with Gasteiger partial charge >= 0.3 is 0 Å². The van der Waals surface area contributed by atoms with E-state index in [-0.39, 0.29) is 16.8 Å². The third-order valence-electron chi connectivity index (χ3n) is 5.30. The van der Waals surface area contributed by atoms with Gasteiger partial charge in [0.25, 0.3) is 5.91 Å². The predicted octanol–water partition coefficient (Wildman–Crippen LogP) is 5.16. The maximum absolute atomic E-state index is 13.5. The molecule has 1 aliphatic rings. The molecule has 0 fully saturated rings. The Morgan fingerprint density at radius 3 is 2.59 bits per heavy atom. The molecule has 1 atom stereocenters. The Morgan fingerprint density at radius 2 is 1.88 bits per heavy atom. The lowest BCUT2D eigenvalue weighted by Crippen LogP contribution is -2.30. The molecule has 2 aromatic carbocycles. The summed E-state index contributed by atoms with van der Waals surface area (Å²) in [4.78, 5) is 32.7. The van der Waals surface area contributed by atoms with Crippen molar-refractivity contribution in [2.24, 2.45) is 0 Å². The van der Waals surface area contributed by atoms with Crippen molar-refractivity contribution in [2.75, 3.05) is 11.5 Å². The molecule has 6 nitrogen and oxygen atoms in total. The summed E-state index contributed by atoms with van der Waals surface area (Å²) >= 11 is 6.00. The summed E-state index contributed by atoms with van der Waals surface area (Å²) in [5.41, 5.74) is 1.12. The Kier molecular flexibility index (Phi) is 4.99. The van der Waals surface area contributed by atoms with Gasteiger partial charge in [0.15, 0.2) is 5.43 Å². The number of aromatic nitrogens is 1. The zero-order valence-electron chi connectivity index (χ0n) is 16.8. The first-order valence-corrected chi connectivity index (χ1v) is 10.3. The van der Waals surface area contributed by atoms with Crippen LogP contribution in [0.5, 0.6) is 5.75 Å². The largest absolute Gasteiger partial charge is 0.490 e. The normalized spacial score (nSPS) is 15.1. The second-order valence-corrected chi connectivity index (χ2v) is 7.69. The van der Waals surface area contributed by atoms with Crippen molar-refractivity contribution < 1.29 is 13.9 Å². The van der Waals surface area contributed by atoms with Crippen molar-refractivity contribution in [1.29, 1.82) is 0 Å². The van der Waals surface area contributed by atoms with Crippen LogP contribution >= 0.6 is 11.6 Å². The molecule has 1 amide bonds. The van der Waals surface area contributed by atoms with E-state index in [9.17, 15) is 9.59 Å². The molecule has 0 N–H and O–H groups in total. The highest BCUT2D eigenvalue weighted by Crippen LogP contribution is 2.41. The van der Waals surface area contributed by atoms with Crippen molar-refractivity contribution in [3.8, 4) is 5.75 Å². The lowest BCUT2D eigenvalue weighted by molar-refractivity contribution is 0.0970.